The zero-order chi connectivity index (χ0) is 26.5. The van der Waals surface area contributed by atoms with Gasteiger partial charge in [0.2, 0.25) is 0 Å². The fourth-order valence-corrected chi connectivity index (χ4v) is 7.32. The van der Waals surface area contributed by atoms with Crippen LogP contribution >= 0.6 is 22.7 Å². The topological polar surface area (TPSA) is 142 Å². The van der Waals surface area contributed by atoms with E-state index in [4.69, 9.17) is 11.5 Å². The number of nitrogens with one attached hydrogen (secondary N) is 1. The van der Waals surface area contributed by atoms with Gasteiger partial charge in [0.15, 0.2) is 0 Å². The Balaban J connectivity index is 1.56. The number of nitriles is 2. The van der Waals surface area contributed by atoms with Crippen LogP contribution in [0, 0.1) is 34.0 Å². The molecule has 0 radical (unpaired) electrons. The highest BCUT2D eigenvalue weighted by atomic mass is 32.1. The average molecular weight is 527 g/mol. The molecule has 1 aliphatic carbocycles. The molecule has 0 aliphatic heterocycles. The van der Waals surface area contributed by atoms with E-state index in [0.717, 1.165) is 41.7 Å². The van der Waals surface area contributed by atoms with Crippen LogP contribution in [-0.2, 0) is 12.8 Å². The van der Waals surface area contributed by atoms with E-state index in [1.807, 2.05) is 30.3 Å². The summed E-state index contributed by atoms with van der Waals surface area (Å²) in [6.07, 6.45) is 2.76. The molecule has 37 heavy (non-hydrogen) atoms. The number of anilines is 3. The predicted octanol–water partition coefficient (Wildman–Crippen LogP) is 6.34. The lowest BCUT2D eigenvalue weighted by Gasteiger charge is -2.33. The first-order chi connectivity index (χ1) is 17.6. The van der Waals surface area contributed by atoms with Crippen LogP contribution in [-0.4, -0.2) is 10.9 Å². The number of aromatic nitrogens is 1. The zero-order valence-corrected chi connectivity index (χ0v) is 22.4. The normalized spacial score (nSPS) is 15.1. The molecule has 9 heteroatoms. The third kappa shape index (κ3) is 4.21. The van der Waals surface area contributed by atoms with E-state index in [-0.39, 0.29) is 27.4 Å². The zero-order valence-electron chi connectivity index (χ0n) is 20.8. The van der Waals surface area contributed by atoms with Crippen molar-refractivity contribution in [3.05, 3.63) is 56.8 Å². The number of fused-ring (bicyclic) bond motifs is 2. The fourth-order valence-electron chi connectivity index (χ4n) is 5.04. The Bertz CT molecular complexity index is 1630. The number of amides is 1. The smallest absolute Gasteiger partial charge is 0.268 e. The van der Waals surface area contributed by atoms with Gasteiger partial charge in [-0.15, -0.1) is 22.7 Å². The Morgan fingerprint density at radius 3 is 2.46 bits per heavy atom. The molecule has 186 valence electrons. The third-order valence-corrected chi connectivity index (χ3v) is 9.38. The Morgan fingerprint density at radius 2 is 1.81 bits per heavy atom. The molecule has 0 spiro atoms. The summed E-state index contributed by atoms with van der Waals surface area (Å²) in [5.41, 5.74) is 16.2. The second-order valence-electron chi connectivity index (χ2n) is 10.3. The first kappa shape index (κ1) is 24.8. The van der Waals surface area contributed by atoms with Crippen molar-refractivity contribution in [1.29, 1.82) is 10.5 Å². The number of rotatable bonds is 3. The molecule has 5 N–H and O–H groups in total. The second-order valence-corrected chi connectivity index (χ2v) is 12.4. The third-order valence-electron chi connectivity index (χ3n) is 7.11. The fraction of sp³-hybridized carbons (Fsp3) is 0.286. The van der Waals surface area contributed by atoms with Gasteiger partial charge in [-0.05, 0) is 41.7 Å². The SMILES string of the molecule is CC(C)(C)C1CCc2c(sc(NC(=O)c3sc4nc(N)c(C#N)c(-c5ccccc5)c4c3N)c2C#N)C1. The molecule has 0 saturated heterocycles. The number of nitrogens with two attached hydrogens (primary N) is 2. The van der Waals surface area contributed by atoms with Crippen molar-refractivity contribution in [3.8, 4) is 23.3 Å². The molecule has 4 aromatic rings. The van der Waals surface area contributed by atoms with E-state index in [0.29, 0.717) is 32.3 Å². The minimum atomic E-state index is -0.404. The molecule has 0 bridgehead atoms. The van der Waals surface area contributed by atoms with Crippen LogP contribution in [0.2, 0.25) is 0 Å². The highest BCUT2D eigenvalue weighted by molar-refractivity contribution is 7.21. The van der Waals surface area contributed by atoms with E-state index in [9.17, 15) is 15.3 Å². The minimum Gasteiger partial charge on any atom is -0.397 e. The van der Waals surface area contributed by atoms with Crippen LogP contribution in [0.15, 0.2) is 30.3 Å². The number of carbonyl (C=O) groups is 1. The number of pyridine rings is 1. The maximum atomic E-state index is 13.5. The van der Waals surface area contributed by atoms with Crippen molar-refractivity contribution < 1.29 is 4.79 Å². The molecule has 1 atom stereocenters. The second kappa shape index (κ2) is 9.19. The van der Waals surface area contributed by atoms with Crippen LogP contribution < -0.4 is 16.8 Å². The van der Waals surface area contributed by atoms with E-state index >= 15 is 0 Å². The highest BCUT2D eigenvalue weighted by Crippen LogP contribution is 2.45. The molecule has 1 amide bonds. The Labute approximate surface area is 223 Å². The lowest BCUT2D eigenvalue weighted by molar-refractivity contribution is 0.103. The monoisotopic (exact) mass is 526 g/mol. The molecule has 0 fully saturated rings. The van der Waals surface area contributed by atoms with Gasteiger partial charge in [-0.1, -0.05) is 51.1 Å². The van der Waals surface area contributed by atoms with Crippen molar-refractivity contribution in [1.82, 2.24) is 4.98 Å². The molecular weight excluding hydrogens is 500 g/mol. The quantitative estimate of drug-likeness (QED) is 0.284. The van der Waals surface area contributed by atoms with Gasteiger partial charge < -0.3 is 16.8 Å². The Hall–Kier alpha value is -3.92. The van der Waals surface area contributed by atoms with E-state index < -0.39 is 5.91 Å². The van der Waals surface area contributed by atoms with Gasteiger partial charge in [-0.2, -0.15) is 10.5 Å². The van der Waals surface area contributed by atoms with Crippen molar-refractivity contribution in [2.45, 2.75) is 40.0 Å². The van der Waals surface area contributed by atoms with Gasteiger partial charge >= 0.3 is 0 Å². The standard InChI is InChI=1S/C28H26N6OS2/c1-28(2,3)15-9-10-16-17(12-29)26(36-19(16)11-15)34-25(35)23-22(31)21-20(14-7-5-4-6-8-14)18(13-30)24(32)33-27(21)37-23/h4-8,15H,9-11,31H2,1-3H3,(H2,32,33)(H,34,35). The van der Waals surface area contributed by atoms with Crippen molar-refractivity contribution in [2.24, 2.45) is 11.3 Å². The van der Waals surface area contributed by atoms with Gasteiger partial charge in [-0.3, -0.25) is 4.79 Å². The Kier molecular flexibility index (Phi) is 6.15. The summed E-state index contributed by atoms with van der Waals surface area (Å²) < 4.78 is 0. The molecule has 0 saturated carbocycles. The number of carbonyl (C=O) groups excluding carboxylic acids is 1. The first-order valence-corrected chi connectivity index (χ1v) is 13.6. The highest BCUT2D eigenvalue weighted by Gasteiger charge is 2.33. The number of thiophene rings is 2. The van der Waals surface area contributed by atoms with Crippen molar-refractivity contribution in [3.63, 3.8) is 0 Å². The maximum absolute atomic E-state index is 13.5. The van der Waals surface area contributed by atoms with E-state index in [1.165, 1.54) is 16.2 Å². The summed E-state index contributed by atoms with van der Waals surface area (Å²) in [5, 5.41) is 23.8. The predicted molar refractivity (Wildman–Crippen MR) is 151 cm³/mol. The van der Waals surface area contributed by atoms with Crippen LogP contribution in [0.5, 0.6) is 0 Å². The molecule has 1 unspecified atom stereocenters. The number of hydrogen-bond donors (Lipinski definition) is 3. The van der Waals surface area contributed by atoms with Crippen molar-refractivity contribution >= 4 is 55.3 Å². The molecule has 1 aromatic carbocycles. The Morgan fingerprint density at radius 1 is 1.11 bits per heavy atom. The first-order valence-electron chi connectivity index (χ1n) is 12.0. The number of nitrogen functional groups attached to an aromatic ring is 2. The van der Waals surface area contributed by atoms with Gasteiger partial charge in [-0.25, -0.2) is 4.98 Å². The molecule has 7 nitrogen and oxygen atoms in total. The molecular formula is C28H26N6OS2. The van der Waals surface area contributed by atoms with Crippen LogP contribution in [0.4, 0.5) is 16.5 Å². The number of nitrogens with zero attached hydrogens (tertiary/aromatic N) is 3. The summed E-state index contributed by atoms with van der Waals surface area (Å²) in [7, 11) is 0. The average Bonchev–Trinajstić information content (AvgIpc) is 3.38. The molecule has 3 heterocycles. The van der Waals surface area contributed by atoms with Crippen molar-refractivity contribution in [2.75, 3.05) is 16.8 Å². The largest absolute Gasteiger partial charge is 0.397 e. The maximum Gasteiger partial charge on any atom is 0.268 e. The van der Waals surface area contributed by atoms with Gasteiger partial charge in [0.05, 0.1) is 11.3 Å². The van der Waals surface area contributed by atoms with Crippen LogP contribution in [0.3, 0.4) is 0 Å². The number of benzene rings is 1. The van der Waals surface area contributed by atoms with E-state index in [1.54, 1.807) is 0 Å². The van der Waals surface area contributed by atoms with Gasteiger partial charge in [0, 0.05) is 15.8 Å². The lowest BCUT2D eigenvalue weighted by Crippen LogP contribution is -2.26. The summed E-state index contributed by atoms with van der Waals surface area (Å²) in [6, 6.07) is 13.8. The van der Waals surface area contributed by atoms with Gasteiger partial charge in [0.1, 0.15) is 38.2 Å². The molecule has 3 aromatic heterocycles. The summed E-state index contributed by atoms with van der Waals surface area (Å²) in [4.78, 5) is 19.8. The van der Waals surface area contributed by atoms with Crippen LogP contribution in [0.25, 0.3) is 21.3 Å². The van der Waals surface area contributed by atoms with E-state index in [2.05, 4.69) is 43.2 Å². The van der Waals surface area contributed by atoms with Crippen LogP contribution in [0.1, 0.15) is 58.4 Å². The minimum absolute atomic E-state index is 0.0909. The summed E-state index contributed by atoms with van der Waals surface area (Å²) in [6.45, 7) is 6.74. The summed E-state index contributed by atoms with van der Waals surface area (Å²) in [5.74, 6) is 0.210. The lowest BCUT2D eigenvalue weighted by atomic mass is 9.72. The molecule has 1 aliphatic rings. The van der Waals surface area contributed by atoms with Gasteiger partial charge in [0.25, 0.3) is 5.91 Å². The summed E-state index contributed by atoms with van der Waals surface area (Å²) >= 11 is 2.61. The molecule has 5 rings (SSSR count). The number of hydrogen-bond acceptors (Lipinski definition) is 8.